The second-order valence-electron chi connectivity index (χ2n) is 7.70. The first-order valence-corrected chi connectivity index (χ1v) is 8.49. The van der Waals surface area contributed by atoms with E-state index in [1.807, 2.05) is 25.7 Å². The molecule has 1 amide bonds. The fourth-order valence-electron chi connectivity index (χ4n) is 3.92. The molecule has 2 rings (SSSR count). The Kier molecular flexibility index (Phi) is 5.53. The van der Waals surface area contributed by atoms with Gasteiger partial charge in [-0.3, -0.25) is 0 Å². The second kappa shape index (κ2) is 6.99. The largest absolute Gasteiger partial charge is 0.444 e. The Morgan fingerprint density at radius 1 is 1.14 bits per heavy atom. The van der Waals surface area contributed by atoms with Crippen LogP contribution in [0.1, 0.15) is 59.3 Å². The molecule has 1 aliphatic carbocycles. The molecule has 4 nitrogen and oxygen atoms in total. The molecule has 1 aliphatic heterocycles. The SMILES string of the molecule is CC(C)(C)OC(=O)N1CCC([C@@H]2CCCC[C@@H]2CO)CC1. The first-order valence-electron chi connectivity index (χ1n) is 8.49. The van der Waals surface area contributed by atoms with Crippen LogP contribution in [0.3, 0.4) is 0 Å². The molecule has 2 atom stereocenters. The fourth-order valence-corrected chi connectivity index (χ4v) is 3.92. The van der Waals surface area contributed by atoms with Gasteiger partial charge in [0.1, 0.15) is 5.60 Å². The maximum absolute atomic E-state index is 12.1. The standard InChI is InChI=1S/C17H31NO3/c1-17(2,3)21-16(20)18-10-8-13(9-11-18)15-7-5-4-6-14(15)12-19/h13-15,19H,4-12H2,1-3H3/t14-,15+/m1/s1. The second-order valence-corrected chi connectivity index (χ2v) is 7.70. The van der Waals surface area contributed by atoms with Crippen molar-refractivity contribution in [2.24, 2.45) is 17.8 Å². The summed E-state index contributed by atoms with van der Waals surface area (Å²) in [5, 5.41) is 9.58. The summed E-state index contributed by atoms with van der Waals surface area (Å²) in [5.41, 5.74) is -0.417. The van der Waals surface area contributed by atoms with E-state index < -0.39 is 5.60 Å². The van der Waals surface area contributed by atoms with Gasteiger partial charge in [0, 0.05) is 19.7 Å². The van der Waals surface area contributed by atoms with E-state index in [0.717, 1.165) is 25.9 Å². The zero-order valence-corrected chi connectivity index (χ0v) is 13.8. The van der Waals surface area contributed by atoms with Gasteiger partial charge >= 0.3 is 6.09 Å². The van der Waals surface area contributed by atoms with Crippen LogP contribution >= 0.6 is 0 Å². The number of aliphatic hydroxyl groups is 1. The summed E-state index contributed by atoms with van der Waals surface area (Å²) >= 11 is 0. The van der Waals surface area contributed by atoms with Crippen molar-refractivity contribution in [2.45, 2.75) is 64.9 Å². The van der Waals surface area contributed by atoms with Crippen molar-refractivity contribution in [1.82, 2.24) is 4.90 Å². The Bertz CT molecular complexity index is 342. The zero-order valence-electron chi connectivity index (χ0n) is 13.8. The molecule has 21 heavy (non-hydrogen) atoms. The van der Waals surface area contributed by atoms with Crippen molar-refractivity contribution < 1.29 is 14.6 Å². The molecule has 4 heteroatoms. The van der Waals surface area contributed by atoms with Gasteiger partial charge in [-0.1, -0.05) is 12.8 Å². The minimum Gasteiger partial charge on any atom is -0.444 e. The number of piperidine rings is 1. The van der Waals surface area contributed by atoms with Crippen LogP contribution in [-0.4, -0.2) is 41.4 Å². The first kappa shape index (κ1) is 16.6. The van der Waals surface area contributed by atoms with E-state index in [9.17, 15) is 9.90 Å². The molecule has 122 valence electrons. The van der Waals surface area contributed by atoms with Gasteiger partial charge in [-0.25, -0.2) is 4.79 Å². The van der Waals surface area contributed by atoms with Gasteiger partial charge in [-0.2, -0.15) is 0 Å². The summed E-state index contributed by atoms with van der Waals surface area (Å²) in [6.07, 6.45) is 6.92. The van der Waals surface area contributed by atoms with E-state index in [-0.39, 0.29) is 6.09 Å². The smallest absolute Gasteiger partial charge is 0.410 e. The predicted octanol–water partition coefficient (Wildman–Crippen LogP) is 3.43. The Labute approximate surface area is 128 Å². The third-order valence-corrected chi connectivity index (χ3v) is 5.00. The van der Waals surface area contributed by atoms with Crippen molar-refractivity contribution in [3.63, 3.8) is 0 Å². The summed E-state index contributed by atoms with van der Waals surface area (Å²) in [5.74, 6) is 1.81. The summed E-state index contributed by atoms with van der Waals surface area (Å²) < 4.78 is 5.45. The molecule has 1 heterocycles. The molecule has 2 aliphatic rings. The highest BCUT2D eigenvalue weighted by Gasteiger charge is 2.35. The van der Waals surface area contributed by atoms with Gasteiger partial charge in [0.05, 0.1) is 0 Å². The number of aliphatic hydroxyl groups excluding tert-OH is 1. The highest BCUT2D eigenvalue weighted by Crippen LogP contribution is 2.39. The number of nitrogens with zero attached hydrogens (tertiary/aromatic N) is 1. The van der Waals surface area contributed by atoms with E-state index in [1.165, 1.54) is 25.7 Å². The summed E-state index contributed by atoms with van der Waals surface area (Å²) in [6, 6.07) is 0. The minimum atomic E-state index is -0.417. The highest BCUT2D eigenvalue weighted by molar-refractivity contribution is 5.68. The highest BCUT2D eigenvalue weighted by atomic mass is 16.6. The van der Waals surface area contributed by atoms with Crippen LogP contribution in [0.2, 0.25) is 0 Å². The van der Waals surface area contributed by atoms with Crippen LogP contribution < -0.4 is 0 Å². The average molecular weight is 297 g/mol. The number of amides is 1. The Hall–Kier alpha value is -0.770. The van der Waals surface area contributed by atoms with Gasteiger partial charge in [0.2, 0.25) is 0 Å². The molecule has 0 bridgehead atoms. The number of ether oxygens (including phenoxy) is 1. The molecule has 0 spiro atoms. The van der Waals surface area contributed by atoms with Crippen LogP contribution in [-0.2, 0) is 4.74 Å². The van der Waals surface area contributed by atoms with E-state index >= 15 is 0 Å². The molecule has 0 aromatic rings. The lowest BCUT2D eigenvalue weighted by molar-refractivity contribution is 0.00909. The number of hydrogen-bond acceptors (Lipinski definition) is 3. The van der Waals surface area contributed by atoms with E-state index in [1.54, 1.807) is 0 Å². The van der Waals surface area contributed by atoms with Crippen LogP contribution in [0, 0.1) is 17.8 Å². The number of likely N-dealkylation sites (tertiary alicyclic amines) is 1. The van der Waals surface area contributed by atoms with Crippen LogP contribution in [0.15, 0.2) is 0 Å². The molecule has 0 aromatic heterocycles. The first-order chi connectivity index (χ1) is 9.90. The Balaban J connectivity index is 1.83. The maximum atomic E-state index is 12.1. The quantitative estimate of drug-likeness (QED) is 0.849. The lowest BCUT2D eigenvalue weighted by Gasteiger charge is -2.41. The van der Waals surface area contributed by atoms with Crippen LogP contribution in [0.5, 0.6) is 0 Å². The summed E-state index contributed by atoms with van der Waals surface area (Å²) in [6.45, 7) is 7.65. The minimum absolute atomic E-state index is 0.177. The number of carbonyl (C=O) groups excluding carboxylic acids is 1. The van der Waals surface area contributed by atoms with Gasteiger partial charge in [0.15, 0.2) is 0 Å². The Morgan fingerprint density at radius 3 is 2.33 bits per heavy atom. The number of hydrogen-bond donors (Lipinski definition) is 1. The third kappa shape index (κ3) is 4.60. The predicted molar refractivity (Wildman–Crippen MR) is 83.1 cm³/mol. The molecule has 0 aromatic carbocycles. The lowest BCUT2D eigenvalue weighted by atomic mass is 9.70. The van der Waals surface area contributed by atoms with E-state index in [4.69, 9.17) is 4.74 Å². The van der Waals surface area contributed by atoms with Gasteiger partial charge < -0.3 is 14.7 Å². The topological polar surface area (TPSA) is 49.8 Å². The average Bonchev–Trinajstić information content (AvgIpc) is 2.45. The molecule has 1 saturated carbocycles. The monoisotopic (exact) mass is 297 g/mol. The van der Waals surface area contributed by atoms with Crippen molar-refractivity contribution >= 4 is 6.09 Å². The number of rotatable bonds is 2. The van der Waals surface area contributed by atoms with Crippen molar-refractivity contribution in [2.75, 3.05) is 19.7 Å². The molecule has 0 radical (unpaired) electrons. The molecule has 0 unspecified atom stereocenters. The molecule has 2 fully saturated rings. The van der Waals surface area contributed by atoms with Crippen molar-refractivity contribution in [1.29, 1.82) is 0 Å². The zero-order chi connectivity index (χ0) is 15.5. The molecule has 1 saturated heterocycles. The lowest BCUT2D eigenvalue weighted by Crippen LogP contribution is -2.44. The van der Waals surface area contributed by atoms with Crippen LogP contribution in [0.4, 0.5) is 4.79 Å². The van der Waals surface area contributed by atoms with Crippen molar-refractivity contribution in [3.05, 3.63) is 0 Å². The van der Waals surface area contributed by atoms with Crippen LogP contribution in [0.25, 0.3) is 0 Å². The molecular formula is C17H31NO3. The number of carbonyl (C=O) groups is 1. The summed E-state index contributed by atoms with van der Waals surface area (Å²) in [4.78, 5) is 13.9. The molecule has 1 N–H and O–H groups in total. The summed E-state index contributed by atoms with van der Waals surface area (Å²) in [7, 11) is 0. The molecular weight excluding hydrogens is 266 g/mol. The van der Waals surface area contributed by atoms with Gasteiger partial charge in [-0.15, -0.1) is 0 Å². The van der Waals surface area contributed by atoms with Gasteiger partial charge in [0.25, 0.3) is 0 Å². The van der Waals surface area contributed by atoms with Gasteiger partial charge in [-0.05, 0) is 64.2 Å². The van der Waals surface area contributed by atoms with Crippen molar-refractivity contribution in [3.8, 4) is 0 Å². The van der Waals surface area contributed by atoms with E-state index in [0.29, 0.717) is 24.4 Å². The van der Waals surface area contributed by atoms with E-state index in [2.05, 4.69) is 0 Å². The normalized spacial score (nSPS) is 28.5. The Morgan fingerprint density at radius 2 is 1.76 bits per heavy atom. The fraction of sp³-hybridized carbons (Fsp3) is 0.941. The maximum Gasteiger partial charge on any atom is 0.410 e. The third-order valence-electron chi connectivity index (χ3n) is 5.00.